The maximum absolute atomic E-state index is 9.85. The topological polar surface area (TPSA) is 29.5 Å². The molecular formula is C13H18O2. The molecule has 0 spiro atoms. The maximum Gasteiger partial charge on any atom is 0.119 e. The number of ether oxygens (including phenoxy) is 1. The fourth-order valence-electron chi connectivity index (χ4n) is 1.80. The molecule has 0 saturated heterocycles. The molecule has 15 heavy (non-hydrogen) atoms. The highest BCUT2D eigenvalue weighted by Crippen LogP contribution is 2.39. The molecule has 1 aliphatic rings. The summed E-state index contributed by atoms with van der Waals surface area (Å²) < 4.78 is 5.42. The van der Waals surface area contributed by atoms with Crippen molar-refractivity contribution in [2.75, 3.05) is 6.61 Å². The van der Waals surface area contributed by atoms with E-state index in [0.29, 0.717) is 6.61 Å². The molecule has 1 N–H and O–H groups in total. The summed E-state index contributed by atoms with van der Waals surface area (Å²) in [5.74, 6) is 0.918. The van der Waals surface area contributed by atoms with Gasteiger partial charge in [0.25, 0.3) is 0 Å². The monoisotopic (exact) mass is 206 g/mol. The summed E-state index contributed by atoms with van der Waals surface area (Å²) in [4.78, 5) is 0. The minimum atomic E-state index is -0.405. The van der Waals surface area contributed by atoms with Gasteiger partial charge in [0.15, 0.2) is 0 Å². The van der Waals surface area contributed by atoms with Gasteiger partial charge < -0.3 is 9.84 Å². The van der Waals surface area contributed by atoms with E-state index in [9.17, 15) is 5.11 Å². The van der Waals surface area contributed by atoms with Crippen LogP contribution in [0.3, 0.4) is 0 Å². The number of aliphatic hydroxyl groups is 1. The predicted octanol–water partition coefficient (Wildman–Crippen LogP) is 2.46. The first-order valence-corrected chi connectivity index (χ1v) is 5.58. The number of aryl methyl sites for hydroxylation is 1. The van der Waals surface area contributed by atoms with Crippen molar-refractivity contribution in [2.45, 2.75) is 38.7 Å². The summed E-state index contributed by atoms with van der Waals surface area (Å²) in [6.45, 7) is 4.75. The van der Waals surface area contributed by atoms with Crippen LogP contribution in [-0.2, 0) is 6.42 Å². The SMILES string of the molecule is CCOc1ccc(CC2(O)CC2)c(C)c1. The van der Waals surface area contributed by atoms with Crippen LogP contribution < -0.4 is 4.74 Å². The Morgan fingerprint density at radius 3 is 2.67 bits per heavy atom. The molecule has 0 amide bonds. The molecule has 82 valence electrons. The molecule has 0 unspecified atom stereocenters. The van der Waals surface area contributed by atoms with Crippen molar-refractivity contribution in [1.82, 2.24) is 0 Å². The van der Waals surface area contributed by atoms with Crippen LogP contribution in [0.15, 0.2) is 18.2 Å². The van der Waals surface area contributed by atoms with Crippen LogP contribution in [0.25, 0.3) is 0 Å². The number of hydrogen-bond acceptors (Lipinski definition) is 2. The van der Waals surface area contributed by atoms with Gasteiger partial charge in [-0.3, -0.25) is 0 Å². The van der Waals surface area contributed by atoms with Gasteiger partial charge in [-0.1, -0.05) is 6.07 Å². The van der Waals surface area contributed by atoms with Crippen LogP contribution in [0.1, 0.15) is 30.9 Å². The first-order valence-electron chi connectivity index (χ1n) is 5.58. The van der Waals surface area contributed by atoms with Gasteiger partial charge in [0.1, 0.15) is 5.75 Å². The zero-order valence-electron chi connectivity index (χ0n) is 9.42. The van der Waals surface area contributed by atoms with E-state index in [2.05, 4.69) is 13.0 Å². The summed E-state index contributed by atoms with van der Waals surface area (Å²) in [6, 6.07) is 6.10. The highest BCUT2D eigenvalue weighted by Gasteiger charge is 2.40. The maximum atomic E-state index is 9.85. The van der Waals surface area contributed by atoms with Crippen LogP contribution in [0, 0.1) is 6.92 Å². The summed E-state index contributed by atoms with van der Waals surface area (Å²) in [5.41, 5.74) is 2.04. The van der Waals surface area contributed by atoms with Gasteiger partial charge in [0.2, 0.25) is 0 Å². The molecule has 1 saturated carbocycles. The standard InChI is InChI=1S/C13H18O2/c1-3-15-12-5-4-11(10(2)8-12)9-13(14)6-7-13/h4-5,8,14H,3,6-7,9H2,1-2H3. The number of rotatable bonds is 4. The normalized spacial score (nSPS) is 17.5. The van der Waals surface area contributed by atoms with Gasteiger partial charge in [-0.15, -0.1) is 0 Å². The van der Waals surface area contributed by atoms with Crippen molar-refractivity contribution >= 4 is 0 Å². The second-order valence-electron chi connectivity index (χ2n) is 4.42. The molecule has 2 heteroatoms. The van der Waals surface area contributed by atoms with E-state index in [-0.39, 0.29) is 0 Å². The fraction of sp³-hybridized carbons (Fsp3) is 0.538. The van der Waals surface area contributed by atoms with E-state index in [0.717, 1.165) is 25.0 Å². The lowest BCUT2D eigenvalue weighted by atomic mass is 10.0. The molecule has 2 nitrogen and oxygen atoms in total. The van der Waals surface area contributed by atoms with E-state index in [4.69, 9.17) is 4.74 Å². The van der Waals surface area contributed by atoms with Crippen molar-refractivity contribution in [3.63, 3.8) is 0 Å². The molecule has 1 aromatic carbocycles. The van der Waals surface area contributed by atoms with Gasteiger partial charge in [-0.2, -0.15) is 0 Å². The molecule has 1 fully saturated rings. The quantitative estimate of drug-likeness (QED) is 0.820. The van der Waals surface area contributed by atoms with Crippen molar-refractivity contribution in [3.8, 4) is 5.75 Å². The first-order chi connectivity index (χ1) is 7.13. The summed E-state index contributed by atoms with van der Waals surface area (Å²) in [6.07, 6.45) is 2.67. The zero-order chi connectivity index (χ0) is 10.9. The average Bonchev–Trinajstić information content (AvgIpc) is 2.90. The Balaban J connectivity index is 2.11. The Kier molecular flexibility index (Phi) is 2.70. The largest absolute Gasteiger partial charge is 0.494 e. The van der Waals surface area contributed by atoms with Gasteiger partial charge >= 0.3 is 0 Å². The van der Waals surface area contributed by atoms with Crippen LogP contribution in [0.2, 0.25) is 0 Å². The van der Waals surface area contributed by atoms with Crippen molar-refractivity contribution in [1.29, 1.82) is 0 Å². The minimum Gasteiger partial charge on any atom is -0.494 e. The van der Waals surface area contributed by atoms with Gasteiger partial charge in [-0.25, -0.2) is 0 Å². The molecule has 0 aliphatic heterocycles. The second kappa shape index (κ2) is 3.86. The number of benzene rings is 1. The third-order valence-corrected chi connectivity index (χ3v) is 2.97. The second-order valence-corrected chi connectivity index (χ2v) is 4.42. The lowest BCUT2D eigenvalue weighted by molar-refractivity contribution is 0.150. The lowest BCUT2D eigenvalue weighted by Gasteiger charge is -2.12. The van der Waals surface area contributed by atoms with Crippen molar-refractivity contribution in [2.24, 2.45) is 0 Å². The summed E-state index contributed by atoms with van der Waals surface area (Å²) in [7, 11) is 0. The minimum absolute atomic E-state index is 0.405. The predicted molar refractivity (Wildman–Crippen MR) is 60.2 cm³/mol. The molecule has 0 atom stereocenters. The molecule has 1 aliphatic carbocycles. The third-order valence-electron chi connectivity index (χ3n) is 2.97. The average molecular weight is 206 g/mol. The van der Waals surface area contributed by atoms with Gasteiger partial charge in [-0.05, 0) is 49.9 Å². The van der Waals surface area contributed by atoms with E-state index in [1.54, 1.807) is 0 Å². The van der Waals surface area contributed by atoms with Gasteiger partial charge in [0, 0.05) is 6.42 Å². The molecule has 1 aromatic rings. The molecular weight excluding hydrogens is 188 g/mol. The van der Waals surface area contributed by atoms with E-state index in [1.807, 2.05) is 19.1 Å². The summed E-state index contributed by atoms with van der Waals surface area (Å²) in [5, 5.41) is 9.85. The molecule has 0 bridgehead atoms. The Morgan fingerprint density at radius 2 is 2.13 bits per heavy atom. The van der Waals surface area contributed by atoms with Gasteiger partial charge in [0.05, 0.1) is 12.2 Å². The molecule has 0 aromatic heterocycles. The fourth-order valence-corrected chi connectivity index (χ4v) is 1.80. The van der Waals surface area contributed by atoms with E-state index < -0.39 is 5.60 Å². The Hall–Kier alpha value is -1.02. The van der Waals surface area contributed by atoms with Crippen molar-refractivity contribution < 1.29 is 9.84 Å². The third kappa shape index (κ3) is 2.51. The van der Waals surface area contributed by atoms with Crippen LogP contribution in [0.4, 0.5) is 0 Å². The van der Waals surface area contributed by atoms with Crippen LogP contribution >= 0.6 is 0 Å². The lowest BCUT2D eigenvalue weighted by Crippen LogP contribution is -2.11. The molecule has 2 rings (SSSR count). The highest BCUT2D eigenvalue weighted by molar-refractivity contribution is 5.36. The Bertz CT molecular complexity index is 354. The zero-order valence-corrected chi connectivity index (χ0v) is 9.42. The first kappa shape index (κ1) is 10.5. The van der Waals surface area contributed by atoms with E-state index in [1.165, 1.54) is 11.1 Å². The van der Waals surface area contributed by atoms with Crippen LogP contribution in [-0.4, -0.2) is 17.3 Å². The smallest absolute Gasteiger partial charge is 0.119 e. The summed E-state index contributed by atoms with van der Waals surface area (Å²) >= 11 is 0. The molecule has 0 radical (unpaired) electrons. The van der Waals surface area contributed by atoms with Crippen LogP contribution in [0.5, 0.6) is 5.75 Å². The van der Waals surface area contributed by atoms with Crippen molar-refractivity contribution in [3.05, 3.63) is 29.3 Å². The highest BCUT2D eigenvalue weighted by atomic mass is 16.5. The Labute approximate surface area is 90.9 Å². The molecule has 0 heterocycles. The Morgan fingerprint density at radius 1 is 1.40 bits per heavy atom. The number of hydrogen-bond donors (Lipinski definition) is 1. The van der Waals surface area contributed by atoms with E-state index >= 15 is 0 Å².